The molecule has 2 aromatic rings. The highest BCUT2D eigenvalue weighted by atomic mass is 32.2. The number of thioether (sulfide) groups is 1. The average molecular weight is 350 g/mol. The van der Waals surface area contributed by atoms with E-state index in [0.29, 0.717) is 6.42 Å². The quantitative estimate of drug-likeness (QED) is 0.921. The van der Waals surface area contributed by atoms with Crippen molar-refractivity contribution in [3.63, 3.8) is 0 Å². The third-order valence-electron chi connectivity index (χ3n) is 4.18. The van der Waals surface area contributed by atoms with E-state index in [2.05, 4.69) is 15.5 Å². The lowest BCUT2D eigenvalue weighted by atomic mass is 10.1. The van der Waals surface area contributed by atoms with Crippen molar-refractivity contribution in [1.29, 1.82) is 0 Å². The molecule has 0 unspecified atom stereocenters. The normalized spacial score (nSPS) is 19.0. The number of hydrogen-bond acceptors (Lipinski definition) is 4. The number of amides is 1. The van der Waals surface area contributed by atoms with Gasteiger partial charge in [0.2, 0.25) is 5.91 Å². The van der Waals surface area contributed by atoms with Crippen LogP contribution >= 0.6 is 11.8 Å². The van der Waals surface area contributed by atoms with Crippen LogP contribution in [0.25, 0.3) is 0 Å². The fraction of sp³-hybridized carbons (Fsp3) is 0.211. The summed E-state index contributed by atoms with van der Waals surface area (Å²) in [4.78, 5) is 18.3. The summed E-state index contributed by atoms with van der Waals surface area (Å²) in [6, 6.07) is 17.9. The monoisotopic (exact) mass is 350 g/mol. The molecule has 0 aromatic heterocycles. The molecule has 2 aromatic carbocycles. The standard InChI is InChI=1S/C19H18N4OS/c24-18-10-5-11-23(18)16-9-4-6-14(12-16)17-13-25-19(22-21-17)20-15-7-2-1-3-8-15/h1-4,6-9,12H,5,10-11,13H2,(H,20,22). The number of carbonyl (C=O) groups excluding carboxylic acids is 1. The van der Waals surface area contributed by atoms with Gasteiger partial charge in [0.15, 0.2) is 5.17 Å². The van der Waals surface area contributed by atoms with Gasteiger partial charge in [-0.1, -0.05) is 42.1 Å². The summed E-state index contributed by atoms with van der Waals surface area (Å²) in [5.41, 5.74) is 6.90. The Hall–Kier alpha value is -2.60. The lowest BCUT2D eigenvalue weighted by molar-refractivity contribution is -0.117. The van der Waals surface area contributed by atoms with Crippen molar-refractivity contribution in [2.24, 2.45) is 10.1 Å². The van der Waals surface area contributed by atoms with Crippen molar-refractivity contribution in [2.45, 2.75) is 12.8 Å². The highest BCUT2D eigenvalue weighted by molar-refractivity contribution is 8.14. The average Bonchev–Trinajstić information content (AvgIpc) is 3.09. The summed E-state index contributed by atoms with van der Waals surface area (Å²) in [6.07, 6.45) is 1.57. The molecule has 0 aliphatic carbocycles. The number of para-hydroxylation sites is 1. The molecule has 5 nitrogen and oxygen atoms in total. The van der Waals surface area contributed by atoms with E-state index in [9.17, 15) is 4.79 Å². The van der Waals surface area contributed by atoms with E-state index in [1.807, 2.05) is 59.5 Å². The minimum atomic E-state index is 0.201. The van der Waals surface area contributed by atoms with E-state index in [1.54, 1.807) is 11.8 Å². The highest BCUT2D eigenvalue weighted by Crippen LogP contribution is 2.24. The zero-order valence-corrected chi connectivity index (χ0v) is 14.5. The number of nitrogens with zero attached hydrogens (tertiary/aromatic N) is 3. The third-order valence-corrected chi connectivity index (χ3v) is 5.06. The molecule has 126 valence electrons. The molecule has 1 saturated heterocycles. The van der Waals surface area contributed by atoms with Crippen LogP contribution in [0.1, 0.15) is 18.4 Å². The third kappa shape index (κ3) is 3.58. The molecule has 2 aliphatic heterocycles. The maximum absolute atomic E-state index is 11.9. The van der Waals surface area contributed by atoms with Gasteiger partial charge in [-0.15, -0.1) is 0 Å². The van der Waals surface area contributed by atoms with E-state index in [0.717, 1.165) is 46.5 Å². The maximum Gasteiger partial charge on any atom is 0.227 e. The summed E-state index contributed by atoms with van der Waals surface area (Å²) >= 11 is 1.63. The van der Waals surface area contributed by atoms with E-state index >= 15 is 0 Å². The molecule has 2 heterocycles. The fourth-order valence-electron chi connectivity index (χ4n) is 2.92. The molecule has 1 amide bonds. The van der Waals surface area contributed by atoms with Crippen LogP contribution in [-0.2, 0) is 4.79 Å². The Morgan fingerprint density at radius 2 is 2.00 bits per heavy atom. The molecule has 0 radical (unpaired) electrons. The molecule has 0 atom stereocenters. The Morgan fingerprint density at radius 3 is 2.72 bits per heavy atom. The van der Waals surface area contributed by atoms with Crippen LogP contribution < -0.4 is 10.3 Å². The number of amidine groups is 1. The molecule has 1 N–H and O–H groups in total. The smallest absolute Gasteiger partial charge is 0.227 e. The first kappa shape index (κ1) is 15.9. The van der Waals surface area contributed by atoms with Gasteiger partial charge in [-0.05, 0) is 30.7 Å². The van der Waals surface area contributed by atoms with Gasteiger partial charge in [0.25, 0.3) is 0 Å². The number of aliphatic imine (C=N–C) groups is 1. The van der Waals surface area contributed by atoms with Crippen molar-refractivity contribution in [1.82, 2.24) is 5.43 Å². The molecule has 4 rings (SSSR count). The molecule has 1 fully saturated rings. The molecule has 0 bridgehead atoms. The molecule has 25 heavy (non-hydrogen) atoms. The van der Waals surface area contributed by atoms with E-state index in [1.165, 1.54) is 0 Å². The van der Waals surface area contributed by atoms with Crippen LogP contribution in [0, 0.1) is 0 Å². The lowest BCUT2D eigenvalue weighted by Gasteiger charge is -2.18. The van der Waals surface area contributed by atoms with Crippen molar-refractivity contribution in [2.75, 3.05) is 17.2 Å². The molecular weight excluding hydrogens is 332 g/mol. The van der Waals surface area contributed by atoms with Gasteiger partial charge in [0.05, 0.1) is 11.4 Å². The van der Waals surface area contributed by atoms with Crippen molar-refractivity contribution in [3.8, 4) is 0 Å². The predicted molar refractivity (Wildman–Crippen MR) is 104 cm³/mol. The van der Waals surface area contributed by atoms with Crippen molar-refractivity contribution < 1.29 is 4.79 Å². The molecule has 2 aliphatic rings. The molecule has 6 heteroatoms. The van der Waals surface area contributed by atoms with Crippen molar-refractivity contribution >= 4 is 39.9 Å². The summed E-state index contributed by atoms with van der Waals surface area (Å²) in [5, 5.41) is 5.27. The second kappa shape index (κ2) is 7.11. The van der Waals surface area contributed by atoms with Gasteiger partial charge in [-0.3, -0.25) is 10.2 Å². The van der Waals surface area contributed by atoms with E-state index < -0.39 is 0 Å². The van der Waals surface area contributed by atoms with Crippen LogP contribution in [-0.4, -0.2) is 29.1 Å². The predicted octanol–water partition coefficient (Wildman–Crippen LogP) is 3.54. The Labute approximate surface area is 150 Å². The first-order chi connectivity index (χ1) is 12.3. The van der Waals surface area contributed by atoms with Gasteiger partial charge in [0, 0.05) is 30.0 Å². The zero-order valence-electron chi connectivity index (χ0n) is 13.7. The first-order valence-corrected chi connectivity index (χ1v) is 9.28. The van der Waals surface area contributed by atoms with Gasteiger partial charge >= 0.3 is 0 Å². The Balaban J connectivity index is 1.52. The Kier molecular flexibility index (Phi) is 4.52. The van der Waals surface area contributed by atoms with Crippen LogP contribution in [0.2, 0.25) is 0 Å². The van der Waals surface area contributed by atoms with Gasteiger partial charge < -0.3 is 4.90 Å². The SMILES string of the molecule is O=C1CCCN1c1cccc(C2=NNC(=Nc3ccccc3)SC2)c1. The van der Waals surface area contributed by atoms with E-state index in [4.69, 9.17) is 0 Å². The first-order valence-electron chi connectivity index (χ1n) is 8.29. The number of hydrazone groups is 1. The lowest BCUT2D eigenvalue weighted by Crippen LogP contribution is -2.26. The zero-order chi connectivity index (χ0) is 17.1. The minimum absolute atomic E-state index is 0.201. The second-order valence-electron chi connectivity index (χ2n) is 5.91. The molecule has 0 spiro atoms. The largest absolute Gasteiger partial charge is 0.312 e. The van der Waals surface area contributed by atoms with Gasteiger partial charge in [-0.2, -0.15) is 5.10 Å². The summed E-state index contributed by atoms with van der Waals surface area (Å²) in [6.45, 7) is 0.801. The highest BCUT2D eigenvalue weighted by Gasteiger charge is 2.22. The Bertz CT molecular complexity index is 848. The van der Waals surface area contributed by atoms with Crippen molar-refractivity contribution in [3.05, 3.63) is 60.2 Å². The summed E-state index contributed by atoms with van der Waals surface area (Å²) in [5.74, 6) is 0.947. The van der Waals surface area contributed by atoms with Gasteiger partial charge in [0.1, 0.15) is 0 Å². The number of anilines is 1. The number of benzene rings is 2. The number of hydrogen-bond donors (Lipinski definition) is 1. The molecule has 0 saturated carbocycles. The summed E-state index contributed by atoms with van der Waals surface area (Å²) in [7, 11) is 0. The van der Waals surface area contributed by atoms with Crippen LogP contribution in [0.4, 0.5) is 11.4 Å². The Morgan fingerprint density at radius 1 is 1.12 bits per heavy atom. The van der Waals surface area contributed by atoms with Gasteiger partial charge in [-0.25, -0.2) is 4.99 Å². The van der Waals surface area contributed by atoms with E-state index in [-0.39, 0.29) is 5.91 Å². The number of rotatable bonds is 3. The van der Waals surface area contributed by atoms with Crippen LogP contribution in [0.5, 0.6) is 0 Å². The summed E-state index contributed by atoms with van der Waals surface area (Å²) < 4.78 is 0. The number of nitrogens with one attached hydrogen (secondary N) is 1. The number of carbonyl (C=O) groups is 1. The molecular formula is C19H18N4OS. The maximum atomic E-state index is 11.9. The van der Waals surface area contributed by atoms with Crippen LogP contribution in [0.15, 0.2) is 64.7 Å². The minimum Gasteiger partial charge on any atom is -0.312 e. The fourth-order valence-corrected chi connectivity index (χ4v) is 3.70. The topological polar surface area (TPSA) is 57.1 Å². The second-order valence-corrected chi connectivity index (χ2v) is 6.87. The van der Waals surface area contributed by atoms with Crippen LogP contribution in [0.3, 0.4) is 0 Å².